The van der Waals surface area contributed by atoms with Crippen molar-refractivity contribution in [3.8, 4) is 0 Å². The summed E-state index contributed by atoms with van der Waals surface area (Å²) in [6, 6.07) is 3.81. The van der Waals surface area contributed by atoms with Gasteiger partial charge in [-0.25, -0.2) is 0 Å². The summed E-state index contributed by atoms with van der Waals surface area (Å²) in [7, 11) is 1.49. The molecule has 0 fully saturated rings. The molecule has 2 rings (SSSR count). The maximum absolute atomic E-state index is 12.5. The zero-order chi connectivity index (χ0) is 17.7. The number of furan rings is 1. The van der Waals surface area contributed by atoms with Gasteiger partial charge >= 0.3 is 5.97 Å². The molecule has 0 bridgehead atoms. The second-order valence-electron chi connectivity index (χ2n) is 5.30. The molecule has 0 atom stereocenters. The van der Waals surface area contributed by atoms with Crippen LogP contribution in [0.4, 0.5) is 0 Å². The number of hydrogen-bond donors (Lipinski definition) is 2. The minimum Gasteiger partial charge on any atom is -0.481 e. The van der Waals surface area contributed by atoms with E-state index < -0.39 is 11.9 Å². The number of carbonyl (C=O) groups excluding carboxylic acids is 2. The molecule has 7 nitrogen and oxygen atoms in total. The zero-order valence-corrected chi connectivity index (χ0v) is 14.2. The van der Waals surface area contributed by atoms with Crippen molar-refractivity contribution in [3.05, 3.63) is 45.5 Å². The van der Waals surface area contributed by atoms with Crippen LogP contribution in [0.5, 0.6) is 0 Å². The molecule has 128 valence electrons. The molecule has 0 aromatic carbocycles. The Bertz CT molecular complexity index is 736. The average molecular weight is 350 g/mol. The largest absolute Gasteiger partial charge is 0.481 e. The van der Waals surface area contributed by atoms with Crippen molar-refractivity contribution in [2.75, 3.05) is 13.6 Å². The van der Waals surface area contributed by atoms with Crippen LogP contribution in [-0.2, 0) is 22.6 Å². The van der Waals surface area contributed by atoms with Crippen molar-refractivity contribution >= 4 is 29.1 Å². The van der Waals surface area contributed by atoms with Crippen LogP contribution in [0.15, 0.2) is 28.2 Å². The van der Waals surface area contributed by atoms with Crippen LogP contribution in [0, 0.1) is 6.92 Å². The number of carbonyl (C=O) groups is 3. The lowest BCUT2D eigenvalue weighted by molar-refractivity contribution is -0.136. The number of hydrogen-bond acceptors (Lipinski definition) is 5. The Morgan fingerprint density at radius 1 is 1.38 bits per heavy atom. The minimum absolute atomic E-state index is 0.0934. The van der Waals surface area contributed by atoms with E-state index in [2.05, 4.69) is 5.32 Å². The Labute approximate surface area is 142 Å². The normalized spacial score (nSPS) is 10.4. The Hall–Kier alpha value is -2.61. The molecule has 2 heterocycles. The van der Waals surface area contributed by atoms with Crippen LogP contribution in [0.2, 0.25) is 0 Å². The van der Waals surface area contributed by atoms with Crippen molar-refractivity contribution in [1.29, 1.82) is 0 Å². The van der Waals surface area contributed by atoms with Gasteiger partial charge in [-0.2, -0.15) is 0 Å². The number of thiophene rings is 1. The lowest BCUT2D eigenvalue weighted by Crippen LogP contribution is -2.38. The first-order valence-electron chi connectivity index (χ1n) is 7.21. The summed E-state index contributed by atoms with van der Waals surface area (Å²) in [6.07, 6.45) is 0.962. The Morgan fingerprint density at radius 3 is 2.75 bits per heavy atom. The summed E-state index contributed by atoms with van der Waals surface area (Å²) in [4.78, 5) is 37.6. The van der Waals surface area contributed by atoms with Crippen LogP contribution in [0.3, 0.4) is 0 Å². The molecular weight excluding hydrogens is 332 g/mol. The number of nitrogens with zero attached hydrogens (tertiary/aromatic N) is 1. The molecule has 0 saturated heterocycles. The number of likely N-dealkylation sites (N-methyl/N-ethyl adjacent to an activating group) is 1. The van der Waals surface area contributed by atoms with E-state index in [-0.39, 0.29) is 30.2 Å². The minimum atomic E-state index is -1.09. The van der Waals surface area contributed by atoms with Gasteiger partial charge in [-0.1, -0.05) is 6.07 Å². The molecule has 0 aliphatic heterocycles. The molecule has 8 heteroatoms. The maximum atomic E-state index is 12.5. The van der Waals surface area contributed by atoms with Gasteiger partial charge in [0.15, 0.2) is 0 Å². The maximum Gasteiger partial charge on any atom is 0.311 e. The van der Waals surface area contributed by atoms with Gasteiger partial charge in [-0.15, -0.1) is 11.3 Å². The van der Waals surface area contributed by atoms with E-state index in [0.717, 1.165) is 4.88 Å². The molecule has 0 saturated carbocycles. The lowest BCUT2D eigenvalue weighted by Gasteiger charge is -2.17. The highest BCUT2D eigenvalue weighted by Gasteiger charge is 2.24. The number of aliphatic carboxylic acids is 1. The number of nitrogens with one attached hydrogen (secondary N) is 1. The topological polar surface area (TPSA) is 99.8 Å². The van der Waals surface area contributed by atoms with Crippen molar-refractivity contribution in [2.24, 2.45) is 0 Å². The highest BCUT2D eigenvalue weighted by atomic mass is 32.1. The van der Waals surface area contributed by atoms with E-state index >= 15 is 0 Å². The van der Waals surface area contributed by atoms with Gasteiger partial charge in [0.1, 0.15) is 12.2 Å². The SMILES string of the molecule is Cc1coc(CC(=O)O)c1C(=O)N(C)CC(=O)NCc1cccs1. The third kappa shape index (κ3) is 4.45. The van der Waals surface area contributed by atoms with Gasteiger partial charge in [-0.05, 0) is 18.4 Å². The molecule has 0 aliphatic carbocycles. The molecule has 2 aromatic heterocycles. The van der Waals surface area contributed by atoms with Gasteiger partial charge in [0.25, 0.3) is 5.91 Å². The van der Waals surface area contributed by atoms with Crippen molar-refractivity contribution in [1.82, 2.24) is 10.2 Å². The van der Waals surface area contributed by atoms with Crippen LogP contribution in [0.25, 0.3) is 0 Å². The first kappa shape index (κ1) is 17.7. The summed E-state index contributed by atoms with van der Waals surface area (Å²) >= 11 is 1.53. The molecular formula is C16H18N2O5S. The van der Waals surface area contributed by atoms with Crippen molar-refractivity contribution < 1.29 is 23.9 Å². The fourth-order valence-electron chi connectivity index (χ4n) is 2.19. The molecule has 0 spiro atoms. The van der Waals surface area contributed by atoms with Crippen molar-refractivity contribution in [2.45, 2.75) is 19.9 Å². The molecule has 0 radical (unpaired) electrons. The zero-order valence-electron chi connectivity index (χ0n) is 13.4. The van der Waals surface area contributed by atoms with E-state index in [1.54, 1.807) is 6.92 Å². The third-order valence-electron chi connectivity index (χ3n) is 3.34. The quantitative estimate of drug-likeness (QED) is 0.791. The number of carboxylic acids is 1. The second kappa shape index (κ2) is 7.78. The molecule has 24 heavy (non-hydrogen) atoms. The van der Waals surface area contributed by atoms with Gasteiger partial charge in [0.05, 0.1) is 24.9 Å². The summed E-state index contributed by atoms with van der Waals surface area (Å²) in [5.74, 6) is -1.73. The van der Waals surface area contributed by atoms with Crippen LogP contribution < -0.4 is 5.32 Å². The van der Waals surface area contributed by atoms with Crippen molar-refractivity contribution in [3.63, 3.8) is 0 Å². The number of aryl methyl sites for hydroxylation is 1. The van der Waals surface area contributed by atoms with Crippen LogP contribution >= 0.6 is 11.3 Å². The number of carboxylic acid groups (broad SMARTS) is 1. The van der Waals surface area contributed by atoms with Gasteiger partial charge in [0.2, 0.25) is 5.91 Å². The highest BCUT2D eigenvalue weighted by Crippen LogP contribution is 2.19. The summed E-state index contributed by atoms with van der Waals surface area (Å²) < 4.78 is 5.15. The van der Waals surface area contributed by atoms with E-state index in [4.69, 9.17) is 9.52 Å². The lowest BCUT2D eigenvalue weighted by atomic mass is 10.1. The molecule has 2 N–H and O–H groups in total. The third-order valence-corrected chi connectivity index (χ3v) is 4.22. The Balaban J connectivity index is 1.97. The van der Waals surface area contributed by atoms with Crippen LogP contribution in [0.1, 0.15) is 26.6 Å². The number of amides is 2. The van der Waals surface area contributed by atoms with Gasteiger partial charge < -0.3 is 19.7 Å². The van der Waals surface area contributed by atoms with E-state index in [1.165, 1.54) is 29.5 Å². The van der Waals surface area contributed by atoms with Gasteiger partial charge in [-0.3, -0.25) is 14.4 Å². The average Bonchev–Trinajstić information content (AvgIpc) is 3.14. The fraction of sp³-hybridized carbons (Fsp3) is 0.312. The fourth-order valence-corrected chi connectivity index (χ4v) is 2.83. The smallest absolute Gasteiger partial charge is 0.311 e. The molecule has 2 amide bonds. The standard InChI is InChI=1S/C16H18N2O5S/c1-10-9-23-12(6-14(20)21)15(10)16(22)18(2)8-13(19)17-7-11-4-3-5-24-11/h3-5,9H,6-8H2,1-2H3,(H,17,19)(H,20,21). The summed E-state index contributed by atoms with van der Waals surface area (Å²) in [6.45, 7) is 1.95. The van der Waals surface area contributed by atoms with Gasteiger partial charge in [0, 0.05) is 17.5 Å². The predicted molar refractivity (Wildman–Crippen MR) is 87.9 cm³/mol. The first-order chi connectivity index (χ1) is 11.4. The Morgan fingerprint density at radius 2 is 2.12 bits per heavy atom. The first-order valence-corrected chi connectivity index (χ1v) is 8.09. The Kier molecular flexibility index (Phi) is 5.75. The van der Waals surface area contributed by atoms with Crippen LogP contribution in [-0.4, -0.2) is 41.4 Å². The molecule has 0 unspecified atom stereocenters. The summed E-state index contributed by atoms with van der Waals surface area (Å²) in [5.41, 5.74) is 0.744. The molecule has 0 aliphatic rings. The molecule has 2 aromatic rings. The summed E-state index contributed by atoms with van der Waals surface area (Å²) in [5, 5.41) is 13.5. The predicted octanol–water partition coefficient (Wildman–Crippen LogP) is 1.67. The second-order valence-corrected chi connectivity index (χ2v) is 6.34. The highest BCUT2D eigenvalue weighted by molar-refractivity contribution is 7.09. The number of rotatable bonds is 7. The monoisotopic (exact) mass is 350 g/mol. The van der Waals surface area contributed by atoms with E-state index in [9.17, 15) is 14.4 Å². The van der Waals surface area contributed by atoms with E-state index in [1.807, 2.05) is 17.5 Å². The van der Waals surface area contributed by atoms with E-state index in [0.29, 0.717) is 12.1 Å².